The summed E-state index contributed by atoms with van der Waals surface area (Å²) in [6.07, 6.45) is 0. The first-order valence-corrected chi connectivity index (χ1v) is 5.75. The molecule has 3 aromatic rings. The number of hydrogen-bond acceptors (Lipinski definition) is 3. The van der Waals surface area contributed by atoms with Crippen molar-refractivity contribution in [3.63, 3.8) is 0 Å². The summed E-state index contributed by atoms with van der Waals surface area (Å²) in [7, 11) is 0. The van der Waals surface area contributed by atoms with Crippen molar-refractivity contribution in [2.45, 2.75) is 0 Å². The molecule has 1 N–H and O–H groups in total. The Bertz CT molecular complexity index is 685. The number of rotatable bonds is 1. The van der Waals surface area contributed by atoms with Gasteiger partial charge in [0, 0.05) is 5.56 Å². The van der Waals surface area contributed by atoms with Crippen molar-refractivity contribution in [2.75, 3.05) is 0 Å². The van der Waals surface area contributed by atoms with Gasteiger partial charge in [-0.1, -0.05) is 30.3 Å². The Morgan fingerprint density at radius 1 is 1.12 bits per heavy atom. The summed E-state index contributed by atoms with van der Waals surface area (Å²) < 4.78 is 0.680. The van der Waals surface area contributed by atoms with Crippen LogP contribution in [0.4, 0.5) is 0 Å². The Balaban J connectivity index is 2.30. The number of benzene rings is 1. The predicted molar refractivity (Wildman–Crippen MR) is 65.7 cm³/mol. The number of H-pyrrole nitrogens is 1. The highest BCUT2D eigenvalue weighted by Crippen LogP contribution is 2.18. The number of hydrogen-bond donors (Lipinski definition) is 1. The fraction of sp³-hybridized carbons (Fsp3) is 0. The van der Waals surface area contributed by atoms with E-state index < -0.39 is 0 Å². The van der Waals surface area contributed by atoms with Crippen LogP contribution in [0, 0.1) is 0 Å². The van der Waals surface area contributed by atoms with E-state index in [0.717, 1.165) is 11.1 Å². The molecule has 0 spiro atoms. The van der Waals surface area contributed by atoms with Crippen LogP contribution < -0.4 is 5.56 Å². The lowest BCUT2D eigenvalue weighted by Crippen LogP contribution is -2.07. The second kappa shape index (κ2) is 3.57. The summed E-state index contributed by atoms with van der Waals surface area (Å²) in [5.74, 6) is 0.622. The molecule has 0 saturated heterocycles. The number of nitrogens with one attached hydrogen (secondary N) is 1. The van der Waals surface area contributed by atoms with E-state index in [1.165, 1.54) is 11.3 Å². The Kier molecular flexibility index (Phi) is 2.08. The van der Waals surface area contributed by atoms with Gasteiger partial charge in [-0.15, -0.1) is 11.3 Å². The maximum atomic E-state index is 11.7. The topological polar surface area (TPSA) is 45.8 Å². The van der Waals surface area contributed by atoms with Crippen LogP contribution in [-0.4, -0.2) is 9.97 Å². The Morgan fingerprint density at radius 3 is 2.75 bits per heavy atom. The summed E-state index contributed by atoms with van der Waals surface area (Å²) in [6, 6.07) is 11.5. The fourth-order valence-corrected chi connectivity index (χ4v) is 2.33. The maximum absolute atomic E-state index is 11.7. The van der Waals surface area contributed by atoms with Crippen molar-refractivity contribution in [1.29, 1.82) is 0 Å². The van der Waals surface area contributed by atoms with E-state index in [1.807, 2.05) is 41.8 Å². The molecule has 3 nitrogen and oxygen atoms in total. The Morgan fingerprint density at radius 2 is 1.94 bits per heavy atom. The van der Waals surface area contributed by atoms with Gasteiger partial charge in [0.2, 0.25) is 0 Å². The van der Waals surface area contributed by atoms with Gasteiger partial charge >= 0.3 is 0 Å². The summed E-state index contributed by atoms with van der Waals surface area (Å²) in [5, 5.41) is 1.88. The average Bonchev–Trinajstić information content (AvgIpc) is 2.79. The first-order chi connectivity index (χ1) is 7.84. The minimum atomic E-state index is -0.0705. The number of aromatic nitrogens is 2. The number of nitrogens with zero attached hydrogens (tertiary/aromatic N) is 1. The predicted octanol–water partition coefficient (Wildman–Crippen LogP) is 2.65. The second-order valence-electron chi connectivity index (χ2n) is 3.42. The maximum Gasteiger partial charge on any atom is 0.269 e. The van der Waals surface area contributed by atoms with E-state index in [9.17, 15) is 4.79 Å². The molecule has 4 heteroatoms. The standard InChI is InChI=1S/C12H8N2OS/c15-12-10-9(6-7-16-10)13-11(14-12)8-4-2-1-3-5-8/h1-7H,(H,13,14,15). The molecule has 0 bridgehead atoms. The highest BCUT2D eigenvalue weighted by atomic mass is 32.1. The van der Waals surface area contributed by atoms with Gasteiger partial charge < -0.3 is 4.98 Å². The van der Waals surface area contributed by atoms with Crippen molar-refractivity contribution < 1.29 is 0 Å². The van der Waals surface area contributed by atoms with Gasteiger partial charge in [-0.05, 0) is 11.4 Å². The molecule has 0 aliphatic carbocycles. The summed E-state index contributed by atoms with van der Waals surface area (Å²) in [6.45, 7) is 0. The fourth-order valence-electron chi connectivity index (χ4n) is 1.61. The second-order valence-corrected chi connectivity index (χ2v) is 4.33. The van der Waals surface area contributed by atoms with Crippen LogP contribution in [0.25, 0.3) is 21.6 Å². The van der Waals surface area contributed by atoms with Gasteiger partial charge in [-0.3, -0.25) is 4.79 Å². The quantitative estimate of drug-likeness (QED) is 0.696. The van der Waals surface area contributed by atoms with E-state index in [2.05, 4.69) is 9.97 Å². The molecule has 78 valence electrons. The third-order valence-corrected chi connectivity index (χ3v) is 3.26. The Hall–Kier alpha value is -1.94. The van der Waals surface area contributed by atoms with Gasteiger partial charge in [0.1, 0.15) is 10.5 Å². The van der Waals surface area contributed by atoms with Crippen LogP contribution in [0.1, 0.15) is 0 Å². The first-order valence-electron chi connectivity index (χ1n) is 4.87. The van der Waals surface area contributed by atoms with Crippen LogP contribution in [0.5, 0.6) is 0 Å². The zero-order valence-electron chi connectivity index (χ0n) is 8.31. The normalized spacial score (nSPS) is 10.8. The van der Waals surface area contributed by atoms with E-state index in [0.29, 0.717) is 10.5 Å². The molecule has 2 aromatic heterocycles. The largest absolute Gasteiger partial charge is 0.305 e. The van der Waals surface area contributed by atoms with Crippen LogP contribution >= 0.6 is 11.3 Å². The van der Waals surface area contributed by atoms with Gasteiger partial charge in [0.05, 0.1) is 5.52 Å². The summed E-state index contributed by atoms with van der Waals surface area (Å²) in [4.78, 5) is 19.0. The smallest absolute Gasteiger partial charge is 0.269 e. The summed E-state index contributed by atoms with van der Waals surface area (Å²) in [5.41, 5.74) is 1.61. The van der Waals surface area contributed by atoms with Crippen LogP contribution in [-0.2, 0) is 0 Å². The van der Waals surface area contributed by atoms with Gasteiger partial charge in [0.15, 0.2) is 0 Å². The average molecular weight is 228 g/mol. The molecule has 0 aliphatic rings. The minimum Gasteiger partial charge on any atom is -0.305 e. The SMILES string of the molecule is O=c1[nH]c(-c2ccccc2)nc2ccsc12. The molecule has 0 unspecified atom stereocenters. The molecular formula is C12H8N2OS. The number of aromatic amines is 1. The van der Waals surface area contributed by atoms with Gasteiger partial charge in [-0.2, -0.15) is 0 Å². The third kappa shape index (κ3) is 1.44. The molecular weight excluding hydrogens is 220 g/mol. The molecule has 16 heavy (non-hydrogen) atoms. The van der Waals surface area contributed by atoms with E-state index in [1.54, 1.807) is 0 Å². The zero-order chi connectivity index (χ0) is 11.0. The van der Waals surface area contributed by atoms with Gasteiger partial charge in [0.25, 0.3) is 5.56 Å². The number of thiophene rings is 1. The highest BCUT2D eigenvalue weighted by molar-refractivity contribution is 7.17. The molecule has 0 amide bonds. The zero-order valence-corrected chi connectivity index (χ0v) is 9.12. The van der Waals surface area contributed by atoms with Crippen molar-refractivity contribution in [1.82, 2.24) is 9.97 Å². The lowest BCUT2D eigenvalue weighted by Gasteiger charge is -1.99. The molecule has 0 atom stereocenters. The molecule has 3 rings (SSSR count). The van der Waals surface area contributed by atoms with Crippen molar-refractivity contribution in [3.8, 4) is 11.4 Å². The van der Waals surface area contributed by atoms with E-state index in [4.69, 9.17) is 0 Å². The van der Waals surface area contributed by atoms with Crippen LogP contribution in [0.3, 0.4) is 0 Å². The van der Waals surface area contributed by atoms with E-state index in [-0.39, 0.29) is 5.56 Å². The van der Waals surface area contributed by atoms with Gasteiger partial charge in [-0.25, -0.2) is 4.98 Å². The van der Waals surface area contributed by atoms with Crippen LogP contribution in [0.2, 0.25) is 0 Å². The highest BCUT2D eigenvalue weighted by Gasteiger charge is 2.05. The molecule has 1 aromatic carbocycles. The lowest BCUT2D eigenvalue weighted by atomic mass is 10.2. The molecule has 2 heterocycles. The molecule has 0 fully saturated rings. The van der Waals surface area contributed by atoms with Crippen molar-refractivity contribution in [3.05, 3.63) is 52.1 Å². The molecule has 0 radical (unpaired) electrons. The van der Waals surface area contributed by atoms with Crippen molar-refractivity contribution >= 4 is 21.6 Å². The lowest BCUT2D eigenvalue weighted by molar-refractivity contribution is 1.19. The van der Waals surface area contributed by atoms with E-state index >= 15 is 0 Å². The first kappa shape index (κ1) is 9.30. The number of fused-ring (bicyclic) bond motifs is 1. The molecule has 0 saturated carbocycles. The van der Waals surface area contributed by atoms with Crippen LogP contribution in [0.15, 0.2) is 46.6 Å². The third-order valence-electron chi connectivity index (χ3n) is 2.36. The monoisotopic (exact) mass is 228 g/mol. The minimum absolute atomic E-state index is 0.0705. The van der Waals surface area contributed by atoms with Crippen molar-refractivity contribution in [2.24, 2.45) is 0 Å². The summed E-state index contributed by atoms with van der Waals surface area (Å²) >= 11 is 1.41. The Labute approximate surface area is 95.4 Å². The molecule has 0 aliphatic heterocycles.